The predicted octanol–water partition coefficient (Wildman–Crippen LogP) is 2.25. The number of carboxylic acid groups (broad SMARTS) is 1. The molecule has 0 aromatic heterocycles. The first-order chi connectivity index (χ1) is 8.27. The summed E-state index contributed by atoms with van der Waals surface area (Å²) < 4.78 is 0. The number of carboxylic acids is 1. The van der Waals surface area contributed by atoms with Crippen LogP contribution in [0.3, 0.4) is 0 Å². The first kappa shape index (κ1) is 11.9. The molecule has 1 atom stereocenters. The minimum atomic E-state index is -0.699. The number of nitrogens with zero attached hydrogens (tertiary/aromatic N) is 1. The summed E-state index contributed by atoms with van der Waals surface area (Å²) in [5.74, 6) is -0.699. The van der Waals surface area contributed by atoms with Crippen molar-refractivity contribution in [3.63, 3.8) is 0 Å². The monoisotopic (exact) mass is 231 g/mol. The van der Waals surface area contributed by atoms with Crippen LogP contribution >= 0.6 is 0 Å². The maximum Gasteiger partial charge on any atom is 0.320 e. The van der Waals surface area contributed by atoms with Gasteiger partial charge in [0.1, 0.15) is 6.04 Å². The van der Waals surface area contributed by atoms with Gasteiger partial charge in [-0.2, -0.15) is 0 Å². The van der Waals surface area contributed by atoms with Gasteiger partial charge in [-0.25, -0.2) is 0 Å². The Morgan fingerprint density at radius 2 is 2.18 bits per heavy atom. The Morgan fingerprint density at radius 1 is 1.41 bits per heavy atom. The predicted molar refractivity (Wildman–Crippen MR) is 67.7 cm³/mol. The van der Waals surface area contributed by atoms with Crippen LogP contribution in [0.5, 0.6) is 0 Å². The van der Waals surface area contributed by atoms with Crippen molar-refractivity contribution in [1.29, 1.82) is 0 Å². The zero-order valence-corrected chi connectivity index (χ0v) is 9.75. The smallest absolute Gasteiger partial charge is 0.320 e. The molecule has 0 bridgehead atoms. The van der Waals surface area contributed by atoms with E-state index in [-0.39, 0.29) is 6.04 Å². The van der Waals surface area contributed by atoms with E-state index in [4.69, 9.17) is 5.11 Å². The van der Waals surface area contributed by atoms with Gasteiger partial charge in [-0.05, 0) is 24.9 Å². The highest BCUT2D eigenvalue weighted by atomic mass is 16.4. The fourth-order valence-electron chi connectivity index (χ4n) is 2.21. The SMILES string of the molecule is O=C(O)[C@H]1CCCN1CC=Cc1ccccc1. The van der Waals surface area contributed by atoms with Gasteiger partial charge in [-0.3, -0.25) is 9.69 Å². The second kappa shape index (κ2) is 5.64. The maximum absolute atomic E-state index is 11.0. The van der Waals surface area contributed by atoms with E-state index in [0.717, 1.165) is 24.9 Å². The molecule has 17 heavy (non-hydrogen) atoms. The summed E-state index contributed by atoms with van der Waals surface area (Å²) in [5, 5.41) is 9.03. The lowest BCUT2D eigenvalue weighted by molar-refractivity contribution is -0.141. The molecule has 2 rings (SSSR count). The normalized spacial score (nSPS) is 21.1. The molecule has 0 spiro atoms. The van der Waals surface area contributed by atoms with Crippen LogP contribution in [-0.4, -0.2) is 35.1 Å². The number of hydrogen-bond donors (Lipinski definition) is 1. The van der Waals surface area contributed by atoms with Crippen molar-refractivity contribution in [3.05, 3.63) is 42.0 Å². The molecule has 3 heteroatoms. The van der Waals surface area contributed by atoms with Gasteiger partial charge in [0, 0.05) is 6.54 Å². The van der Waals surface area contributed by atoms with E-state index in [1.54, 1.807) is 0 Å². The Bertz CT molecular complexity index is 400. The van der Waals surface area contributed by atoms with Crippen molar-refractivity contribution < 1.29 is 9.90 Å². The highest BCUT2D eigenvalue weighted by Crippen LogP contribution is 2.17. The summed E-state index contributed by atoms with van der Waals surface area (Å²) in [6, 6.07) is 9.75. The van der Waals surface area contributed by atoms with Crippen LogP contribution in [0.15, 0.2) is 36.4 Å². The van der Waals surface area contributed by atoms with Crippen molar-refractivity contribution in [2.45, 2.75) is 18.9 Å². The van der Waals surface area contributed by atoms with E-state index in [2.05, 4.69) is 0 Å². The van der Waals surface area contributed by atoms with Crippen LogP contribution in [0.4, 0.5) is 0 Å². The van der Waals surface area contributed by atoms with E-state index < -0.39 is 5.97 Å². The molecule has 1 aliphatic rings. The molecule has 1 N–H and O–H groups in total. The standard InChI is InChI=1S/C14H17NO2/c16-14(17)13-9-5-11-15(13)10-4-8-12-6-2-1-3-7-12/h1-4,6-8,13H,5,9-11H2,(H,16,17)/t13-/m1/s1. The topological polar surface area (TPSA) is 40.5 Å². The molecule has 1 saturated heterocycles. The summed E-state index contributed by atoms with van der Waals surface area (Å²) >= 11 is 0. The van der Waals surface area contributed by atoms with E-state index in [1.807, 2.05) is 47.4 Å². The number of carbonyl (C=O) groups is 1. The minimum absolute atomic E-state index is 0.296. The molecular weight excluding hydrogens is 214 g/mol. The zero-order valence-electron chi connectivity index (χ0n) is 9.75. The van der Waals surface area contributed by atoms with Crippen LogP contribution < -0.4 is 0 Å². The first-order valence-electron chi connectivity index (χ1n) is 5.96. The second-order valence-electron chi connectivity index (χ2n) is 4.30. The van der Waals surface area contributed by atoms with Gasteiger partial charge in [0.25, 0.3) is 0 Å². The van der Waals surface area contributed by atoms with Crippen LogP contribution in [0.2, 0.25) is 0 Å². The first-order valence-corrected chi connectivity index (χ1v) is 5.96. The van der Waals surface area contributed by atoms with Crippen LogP contribution in [0, 0.1) is 0 Å². The molecule has 1 heterocycles. The summed E-state index contributed by atoms with van der Waals surface area (Å²) in [6.45, 7) is 1.60. The lowest BCUT2D eigenvalue weighted by Gasteiger charge is -2.18. The molecule has 0 amide bonds. The average molecular weight is 231 g/mol. The Morgan fingerprint density at radius 3 is 2.88 bits per heavy atom. The van der Waals surface area contributed by atoms with E-state index in [9.17, 15) is 4.79 Å². The van der Waals surface area contributed by atoms with Gasteiger partial charge < -0.3 is 5.11 Å². The van der Waals surface area contributed by atoms with Gasteiger partial charge in [0.2, 0.25) is 0 Å². The quantitative estimate of drug-likeness (QED) is 0.864. The Labute approximate surface area is 101 Å². The molecule has 0 unspecified atom stereocenters. The van der Waals surface area contributed by atoms with Gasteiger partial charge in [0.05, 0.1) is 0 Å². The summed E-state index contributed by atoms with van der Waals surface area (Å²) in [5.41, 5.74) is 1.15. The third-order valence-corrected chi connectivity index (χ3v) is 3.10. The van der Waals surface area contributed by atoms with Crippen LogP contribution in [0.25, 0.3) is 6.08 Å². The number of benzene rings is 1. The van der Waals surface area contributed by atoms with Crippen LogP contribution in [0.1, 0.15) is 18.4 Å². The summed E-state index contributed by atoms with van der Waals surface area (Å²) in [6.07, 6.45) is 5.83. The highest BCUT2D eigenvalue weighted by molar-refractivity contribution is 5.73. The third-order valence-electron chi connectivity index (χ3n) is 3.10. The highest BCUT2D eigenvalue weighted by Gasteiger charge is 2.29. The maximum atomic E-state index is 11.0. The molecule has 0 saturated carbocycles. The molecule has 1 aromatic carbocycles. The molecule has 1 aliphatic heterocycles. The van der Waals surface area contributed by atoms with Crippen molar-refractivity contribution in [3.8, 4) is 0 Å². The van der Waals surface area contributed by atoms with Gasteiger partial charge in [0.15, 0.2) is 0 Å². The van der Waals surface area contributed by atoms with Crippen molar-refractivity contribution >= 4 is 12.0 Å². The van der Waals surface area contributed by atoms with Gasteiger partial charge in [-0.15, -0.1) is 0 Å². The number of rotatable bonds is 4. The molecule has 1 aromatic rings. The largest absolute Gasteiger partial charge is 0.480 e. The molecule has 1 fully saturated rings. The molecular formula is C14H17NO2. The molecule has 90 valence electrons. The number of hydrogen-bond acceptors (Lipinski definition) is 2. The third kappa shape index (κ3) is 3.17. The molecule has 3 nitrogen and oxygen atoms in total. The molecule has 0 radical (unpaired) electrons. The average Bonchev–Trinajstić information content (AvgIpc) is 2.79. The Kier molecular flexibility index (Phi) is 3.94. The minimum Gasteiger partial charge on any atom is -0.480 e. The van der Waals surface area contributed by atoms with Gasteiger partial charge in [-0.1, -0.05) is 42.5 Å². The summed E-state index contributed by atoms with van der Waals surface area (Å²) in [7, 11) is 0. The Balaban J connectivity index is 1.90. The molecule has 0 aliphatic carbocycles. The fraction of sp³-hybridized carbons (Fsp3) is 0.357. The van der Waals surface area contributed by atoms with E-state index in [1.165, 1.54) is 0 Å². The fourth-order valence-corrected chi connectivity index (χ4v) is 2.21. The summed E-state index contributed by atoms with van der Waals surface area (Å²) in [4.78, 5) is 13.0. The van der Waals surface area contributed by atoms with Crippen molar-refractivity contribution in [2.75, 3.05) is 13.1 Å². The second-order valence-corrected chi connectivity index (χ2v) is 4.30. The van der Waals surface area contributed by atoms with E-state index in [0.29, 0.717) is 6.54 Å². The Hall–Kier alpha value is -1.61. The van der Waals surface area contributed by atoms with Crippen LogP contribution in [-0.2, 0) is 4.79 Å². The lowest BCUT2D eigenvalue weighted by Crippen LogP contribution is -2.35. The van der Waals surface area contributed by atoms with Gasteiger partial charge >= 0.3 is 5.97 Å². The van der Waals surface area contributed by atoms with E-state index >= 15 is 0 Å². The van der Waals surface area contributed by atoms with Crippen molar-refractivity contribution in [2.24, 2.45) is 0 Å². The zero-order chi connectivity index (χ0) is 12.1. The lowest BCUT2D eigenvalue weighted by atomic mass is 10.2. The number of aliphatic carboxylic acids is 1. The van der Waals surface area contributed by atoms with Crippen molar-refractivity contribution in [1.82, 2.24) is 4.90 Å². The number of likely N-dealkylation sites (tertiary alicyclic amines) is 1.